The maximum atomic E-state index is 11.9. The Morgan fingerprint density at radius 2 is 1.64 bits per heavy atom. The molecule has 2 heterocycles. The van der Waals surface area contributed by atoms with Gasteiger partial charge in [0, 0.05) is 31.8 Å². The van der Waals surface area contributed by atoms with Crippen molar-refractivity contribution in [2.24, 2.45) is 0 Å². The predicted molar refractivity (Wildman–Crippen MR) is 95.1 cm³/mol. The molecule has 2 saturated carbocycles. The molecule has 2 saturated heterocycles. The van der Waals surface area contributed by atoms with Gasteiger partial charge in [0.2, 0.25) is 0 Å². The average Bonchev–Trinajstić information content (AvgIpc) is 3.49. The third-order valence-electron chi connectivity index (χ3n) is 5.96. The summed E-state index contributed by atoms with van der Waals surface area (Å²) in [4.78, 5) is 23.0. The lowest BCUT2D eigenvalue weighted by atomic mass is 10.1. The lowest BCUT2D eigenvalue weighted by Crippen LogP contribution is -2.41. The van der Waals surface area contributed by atoms with Crippen LogP contribution < -0.4 is 0 Å². The second-order valence-electron chi connectivity index (χ2n) is 7.94. The van der Waals surface area contributed by atoms with Crippen LogP contribution in [0.25, 0.3) is 0 Å². The van der Waals surface area contributed by atoms with Crippen LogP contribution in [0.3, 0.4) is 0 Å². The molecule has 0 aromatic heterocycles. The first kappa shape index (κ1) is 19.8. The van der Waals surface area contributed by atoms with Gasteiger partial charge in [-0.1, -0.05) is 6.58 Å². The van der Waals surface area contributed by atoms with Crippen LogP contribution in [-0.4, -0.2) is 61.6 Å². The number of hydrogen-bond acceptors (Lipinski definition) is 8. The van der Waals surface area contributed by atoms with Gasteiger partial charge >= 0.3 is 11.9 Å². The fraction of sp³-hybridized carbons (Fsp3) is 0.800. The van der Waals surface area contributed by atoms with Crippen LogP contribution in [0.2, 0.25) is 0 Å². The molecule has 3 unspecified atom stereocenters. The number of carbonyl (C=O) groups excluding carboxylic acids is 2. The molecule has 2 aliphatic heterocycles. The van der Waals surface area contributed by atoms with E-state index in [0.29, 0.717) is 6.61 Å². The van der Waals surface area contributed by atoms with Gasteiger partial charge in [0.25, 0.3) is 0 Å². The molecule has 0 N–H and O–H groups in total. The van der Waals surface area contributed by atoms with E-state index in [1.165, 1.54) is 0 Å². The summed E-state index contributed by atoms with van der Waals surface area (Å²) in [5.74, 6) is -2.41. The normalized spacial score (nSPS) is 32.8. The average molecular weight is 396 g/mol. The first-order valence-corrected chi connectivity index (χ1v) is 10.2. The lowest BCUT2D eigenvalue weighted by Gasteiger charge is -2.26. The summed E-state index contributed by atoms with van der Waals surface area (Å²) in [6, 6.07) is 0. The van der Waals surface area contributed by atoms with Crippen molar-refractivity contribution in [3.05, 3.63) is 12.7 Å². The number of rotatable bonds is 6. The summed E-state index contributed by atoms with van der Waals surface area (Å²) in [5, 5.41) is 0. The third kappa shape index (κ3) is 4.10. The maximum absolute atomic E-state index is 11.9. The van der Waals surface area contributed by atoms with Crippen LogP contribution >= 0.6 is 0 Å². The monoisotopic (exact) mass is 396 g/mol. The van der Waals surface area contributed by atoms with Crippen LogP contribution in [0.4, 0.5) is 0 Å². The summed E-state index contributed by atoms with van der Waals surface area (Å²) in [5.41, 5.74) is 0. The van der Waals surface area contributed by atoms with Crippen molar-refractivity contribution in [1.82, 2.24) is 0 Å². The highest BCUT2D eigenvalue weighted by Crippen LogP contribution is 2.46. The van der Waals surface area contributed by atoms with E-state index in [1.807, 2.05) is 0 Å². The summed E-state index contributed by atoms with van der Waals surface area (Å²) in [6.07, 6.45) is 7.68. The van der Waals surface area contributed by atoms with Gasteiger partial charge in [0.15, 0.2) is 18.2 Å². The van der Waals surface area contributed by atoms with Gasteiger partial charge < -0.3 is 28.4 Å². The molecule has 0 aromatic rings. The van der Waals surface area contributed by atoms with Crippen molar-refractivity contribution >= 4 is 11.9 Å². The molecule has 4 aliphatic rings. The molecule has 156 valence electrons. The van der Waals surface area contributed by atoms with E-state index in [2.05, 4.69) is 6.58 Å². The molecule has 2 spiro atoms. The molecular weight excluding hydrogens is 368 g/mol. The molecule has 8 nitrogen and oxygen atoms in total. The second kappa shape index (κ2) is 8.10. The van der Waals surface area contributed by atoms with Crippen LogP contribution in [0, 0.1) is 0 Å². The Labute approximate surface area is 164 Å². The molecule has 0 radical (unpaired) electrons. The molecule has 28 heavy (non-hydrogen) atoms. The zero-order valence-electron chi connectivity index (χ0n) is 16.1. The molecule has 3 atom stereocenters. The molecule has 2 aliphatic carbocycles. The topological polar surface area (TPSA) is 89.5 Å². The van der Waals surface area contributed by atoms with Gasteiger partial charge in [0.05, 0.1) is 6.61 Å². The Hall–Kier alpha value is -1.48. The summed E-state index contributed by atoms with van der Waals surface area (Å²) in [7, 11) is 0. The van der Waals surface area contributed by atoms with Crippen molar-refractivity contribution < 1.29 is 38.0 Å². The molecular formula is C20H28O8. The maximum Gasteiger partial charge on any atom is 0.344 e. The molecule has 0 aromatic carbocycles. The highest BCUT2D eigenvalue weighted by Gasteiger charge is 2.56. The van der Waals surface area contributed by atoms with Crippen molar-refractivity contribution in [3.8, 4) is 0 Å². The minimum atomic E-state index is -0.668. The zero-order valence-corrected chi connectivity index (χ0v) is 16.1. The number of carbonyl (C=O) groups is 2. The first-order chi connectivity index (χ1) is 13.5. The molecule has 0 amide bonds. The largest absolute Gasteiger partial charge is 0.460 e. The Balaban J connectivity index is 1.36. The lowest BCUT2D eigenvalue weighted by molar-refractivity contribution is -0.195. The third-order valence-corrected chi connectivity index (χ3v) is 5.96. The van der Waals surface area contributed by atoms with Gasteiger partial charge in [-0.3, -0.25) is 0 Å². The van der Waals surface area contributed by atoms with Gasteiger partial charge in [-0.25, -0.2) is 9.59 Å². The van der Waals surface area contributed by atoms with Crippen LogP contribution in [0.5, 0.6) is 0 Å². The Bertz CT molecular complexity index is 605. The zero-order chi connectivity index (χ0) is 19.6. The van der Waals surface area contributed by atoms with E-state index in [-0.39, 0.29) is 18.8 Å². The minimum absolute atomic E-state index is 0.0176. The van der Waals surface area contributed by atoms with Crippen molar-refractivity contribution in [2.45, 2.75) is 81.3 Å². The molecule has 8 heteroatoms. The fourth-order valence-corrected chi connectivity index (χ4v) is 4.61. The highest BCUT2D eigenvalue weighted by atomic mass is 16.8. The van der Waals surface area contributed by atoms with Crippen molar-refractivity contribution in [1.29, 1.82) is 0 Å². The second-order valence-corrected chi connectivity index (χ2v) is 7.94. The first-order valence-electron chi connectivity index (χ1n) is 10.2. The van der Waals surface area contributed by atoms with E-state index >= 15 is 0 Å². The number of hydrogen-bond donors (Lipinski definition) is 0. The fourth-order valence-electron chi connectivity index (χ4n) is 4.61. The van der Waals surface area contributed by atoms with Crippen LogP contribution in [0.15, 0.2) is 12.7 Å². The standard InChI is InChI=1S/C20H28O8/c1-2-16(21)24-13-17(22)23-11-14-18(28-20(27-14)9-5-6-10-20)15-12-25-19(26-15)7-3-4-8-19/h2,14-15,18H,1,3-13H2. The quantitative estimate of drug-likeness (QED) is 0.497. The van der Waals surface area contributed by atoms with Gasteiger partial charge in [-0.15, -0.1) is 0 Å². The Morgan fingerprint density at radius 3 is 2.32 bits per heavy atom. The van der Waals surface area contributed by atoms with E-state index in [0.717, 1.165) is 57.4 Å². The van der Waals surface area contributed by atoms with Crippen molar-refractivity contribution in [3.63, 3.8) is 0 Å². The smallest absolute Gasteiger partial charge is 0.344 e. The van der Waals surface area contributed by atoms with Crippen LogP contribution in [0.1, 0.15) is 51.4 Å². The van der Waals surface area contributed by atoms with Crippen molar-refractivity contribution in [2.75, 3.05) is 19.8 Å². The summed E-state index contributed by atoms with van der Waals surface area (Å²) < 4.78 is 34.8. The molecule has 4 rings (SSSR count). The Kier molecular flexibility index (Phi) is 5.73. The minimum Gasteiger partial charge on any atom is -0.460 e. The van der Waals surface area contributed by atoms with E-state index in [1.54, 1.807) is 0 Å². The van der Waals surface area contributed by atoms with Gasteiger partial charge in [-0.2, -0.15) is 0 Å². The molecule has 0 bridgehead atoms. The van der Waals surface area contributed by atoms with Crippen LogP contribution in [-0.2, 0) is 38.0 Å². The van der Waals surface area contributed by atoms with Gasteiger partial charge in [0.1, 0.15) is 24.9 Å². The summed E-state index contributed by atoms with van der Waals surface area (Å²) >= 11 is 0. The van der Waals surface area contributed by atoms with E-state index in [4.69, 9.17) is 28.4 Å². The Morgan fingerprint density at radius 1 is 0.964 bits per heavy atom. The SMILES string of the molecule is C=CC(=O)OCC(=O)OCC1OC2(CCCC2)OC1C1COC2(CCCC2)O1. The molecule has 4 fully saturated rings. The van der Waals surface area contributed by atoms with E-state index < -0.39 is 36.2 Å². The predicted octanol–water partition coefficient (Wildman–Crippen LogP) is 2.00. The van der Waals surface area contributed by atoms with E-state index in [9.17, 15) is 9.59 Å². The van der Waals surface area contributed by atoms with Gasteiger partial charge in [-0.05, 0) is 25.7 Å². The highest BCUT2D eigenvalue weighted by molar-refractivity contribution is 5.83. The number of esters is 2. The summed E-state index contributed by atoms with van der Waals surface area (Å²) in [6.45, 7) is 3.29. The number of ether oxygens (including phenoxy) is 6.